The maximum atomic E-state index is 12.8. The van der Waals surface area contributed by atoms with Crippen LogP contribution in [0.1, 0.15) is 65.2 Å². The second-order valence-electron chi connectivity index (χ2n) is 10.9. The fraction of sp³-hybridized carbons (Fsp3) is 0.467. The van der Waals surface area contributed by atoms with Crippen LogP contribution in [0.3, 0.4) is 0 Å². The van der Waals surface area contributed by atoms with Gasteiger partial charge in [0.25, 0.3) is 0 Å². The third kappa shape index (κ3) is 5.29. The number of anilines is 2. The standard InChI is InChI=1S/C30H37N3O2/c1-19-6-5-8-22(16-19)29(34)33-24-14-15-28-26(17-24)27(18-31-28)21-10-12-23(13-11-21)32-30(35)25-9-4-3-7-20(25)2/h10-15,17-20,22,25,31H,3-9,16H2,1-2H3,(H,32,35)(H,33,34). The minimum Gasteiger partial charge on any atom is -0.361 e. The molecule has 3 aromatic rings. The maximum Gasteiger partial charge on any atom is 0.227 e. The molecule has 1 heterocycles. The van der Waals surface area contributed by atoms with E-state index in [0.717, 1.165) is 71.9 Å². The van der Waals surface area contributed by atoms with E-state index < -0.39 is 0 Å². The Morgan fingerprint density at radius 1 is 0.829 bits per heavy atom. The van der Waals surface area contributed by atoms with Gasteiger partial charge in [0.1, 0.15) is 0 Å². The smallest absolute Gasteiger partial charge is 0.227 e. The molecule has 0 radical (unpaired) electrons. The molecule has 4 atom stereocenters. The first-order chi connectivity index (χ1) is 17.0. The van der Waals surface area contributed by atoms with Crippen molar-refractivity contribution >= 4 is 34.1 Å². The van der Waals surface area contributed by atoms with Gasteiger partial charge in [-0.2, -0.15) is 0 Å². The quantitative estimate of drug-likeness (QED) is 0.363. The summed E-state index contributed by atoms with van der Waals surface area (Å²) >= 11 is 0. The zero-order valence-corrected chi connectivity index (χ0v) is 20.9. The Kier molecular flexibility index (Phi) is 6.94. The lowest BCUT2D eigenvalue weighted by atomic mass is 9.80. The van der Waals surface area contributed by atoms with Gasteiger partial charge in [0.05, 0.1) is 0 Å². The molecule has 2 amide bonds. The van der Waals surface area contributed by atoms with Gasteiger partial charge in [0, 0.05) is 45.9 Å². The second-order valence-corrected chi connectivity index (χ2v) is 10.9. The molecule has 0 spiro atoms. The van der Waals surface area contributed by atoms with Gasteiger partial charge in [-0.3, -0.25) is 9.59 Å². The van der Waals surface area contributed by atoms with Crippen LogP contribution in [0, 0.1) is 23.7 Å². The summed E-state index contributed by atoms with van der Waals surface area (Å²) in [4.78, 5) is 29.0. The summed E-state index contributed by atoms with van der Waals surface area (Å²) < 4.78 is 0. The van der Waals surface area contributed by atoms with E-state index in [1.165, 1.54) is 12.8 Å². The molecule has 2 aliphatic rings. The van der Waals surface area contributed by atoms with E-state index in [4.69, 9.17) is 0 Å². The first-order valence-corrected chi connectivity index (χ1v) is 13.3. The van der Waals surface area contributed by atoms with E-state index in [1.54, 1.807) is 0 Å². The molecule has 0 saturated heterocycles. The first kappa shape index (κ1) is 23.7. The normalized spacial score (nSPS) is 24.7. The van der Waals surface area contributed by atoms with Crippen molar-refractivity contribution in [1.82, 2.24) is 4.98 Å². The van der Waals surface area contributed by atoms with Gasteiger partial charge in [-0.15, -0.1) is 0 Å². The van der Waals surface area contributed by atoms with Gasteiger partial charge in [-0.1, -0.05) is 51.7 Å². The Labute approximate surface area is 208 Å². The number of benzene rings is 2. The van der Waals surface area contributed by atoms with Crippen molar-refractivity contribution in [3.8, 4) is 11.1 Å². The largest absolute Gasteiger partial charge is 0.361 e. The maximum absolute atomic E-state index is 12.8. The molecule has 2 saturated carbocycles. The molecule has 0 aliphatic heterocycles. The molecule has 2 aromatic carbocycles. The van der Waals surface area contributed by atoms with Crippen LogP contribution >= 0.6 is 0 Å². The highest BCUT2D eigenvalue weighted by atomic mass is 16.2. The topological polar surface area (TPSA) is 74.0 Å². The zero-order valence-electron chi connectivity index (χ0n) is 20.9. The molecule has 5 nitrogen and oxygen atoms in total. The minimum absolute atomic E-state index is 0.111. The van der Waals surface area contributed by atoms with E-state index in [-0.39, 0.29) is 23.7 Å². The van der Waals surface area contributed by atoms with Crippen LogP contribution in [0.2, 0.25) is 0 Å². The van der Waals surface area contributed by atoms with Crippen molar-refractivity contribution in [2.45, 2.75) is 65.2 Å². The van der Waals surface area contributed by atoms with Gasteiger partial charge >= 0.3 is 0 Å². The summed E-state index contributed by atoms with van der Waals surface area (Å²) in [5.41, 5.74) is 4.87. The number of aromatic nitrogens is 1. The van der Waals surface area contributed by atoms with E-state index in [9.17, 15) is 9.59 Å². The number of carbonyl (C=O) groups is 2. The second kappa shape index (κ2) is 10.3. The van der Waals surface area contributed by atoms with Crippen LogP contribution in [0.5, 0.6) is 0 Å². The molecule has 2 fully saturated rings. The van der Waals surface area contributed by atoms with Gasteiger partial charge in [0.15, 0.2) is 0 Å². The number of aromatic amines is 1. The minimum atomic E-state index is 0.111. The molecular weight excluding hydrogens is 434 g/mol. The molecule has 5 rings (SSSR count). The highest BCUT2D eigenvalue weighted by molar-refractivity contribution is 6.00. The van der Waals surface area contributed by atoms with E-state index in [0.29, 0.717) is 11.8 Å². The third-order valence-corrected chi connectivity index (χ3v) is 8.17. The molecule has 35 heavy (non-hydrogen) atoms. The number of fused-ring (bicyclic) bond motifs is 1. The van der Waals surface area contributed by atoms with Crippen molar-refractivity contribution in [2.75, 3.05) is 10.6 Å². The van der Waals surface area contributed by atoms with Crippen LogP contribution < -0.4 is 10.6 Å². The fourth-order valence-electron chi connectivity index (χ4n) is 6.03. The average molecular weight is 472 g/mol. The number of hydrogen-bond acceptors (Lipinski definition) is 2. The number of rotatable bonds is 5. The number of nitrogens with one attached hydrogen (secondary N) is 3. The summed E-state index contributed by atoms with van der Waals surface area (Å²) in [6, 6.07) is 14.1. The Balaban J connectivity index is 1.29. The van der Waals surface area contributed by atoms with E-state index in [2.05, 4.69) is 47.7 Å². The average Bonchev–Trinajstić information content (AvgIpc) is 3.28. The van der Waals surface area contributed by atoms with Crippen LogP contribution in [0.15, 0.2) is 48.7 Å². The lowest BCUT2D eigenvalue weighted by Gasteiger charge is -2.27. The van der Waals surface area contributed by atoms with Gasteiger partial charge in [0.2, 0.25) is 11.8 Å². The highest BCUT2D eigenvalue weighted by Gasteiger charge is 2.28. The van der Waals surface area contributed by atoms with Crippen molar-refractivity contribution in [2.24, 2.45) is 23.7 Å². The molecule has 3 N–H and O–H groups in total. The highest BCUT2D eigenvalue weighted by Crippen LogP contribution is 2.34. The van der Waals surface area contributed by atoms with Gasteiger partial charge in [-0.05, 0) is 73.4 Å². The summed E-state index contributed by atoms with van der Waals surface area (Å²) in [6.07, 6.45) is 10.8. The van der Waals surface area contributed by atoms with Crippen LogP contribution in [0.4, 0.5) is 11.4 Å². The number of amides is 2. The fourth-order valence-corrected chi connectivity index (χ4v) is 6.03. The van der Waals surface area contributed by atoms with Crippen LogP contribution in [0.25, 0.3) is 22.0 Å². The third-order valence-electron chi connectivity index (χ3n) is 8.17. The molecule has 2 aliphatic carbocycles. The van der Waals surface area contributed by atoms with E-state index >= 15 is 0 Å². The summed E-state index contributed by atoms with van der Waals surface area (Å²) in [5.74, 6) is 1.58. The molecule has 0 bridgehead atoms. The Hall–Kier alpha value is -3.08. The van der Waals surface area contributed by atoms with Crippen molar-refractivity contribution in [3.05, 3.63) is 48.7 Å². The first-order valence-electron chi connectivity index (χ1n) is 13.3. The van der Waals surface area contributed by atoms with Gasteiger partial charge in [-0.25, -0.2) is 0 Å². The summed E-state index contributed by atoms with van der Waals surface area (Å²) in [7, 11) is 0. The number of carbonyl (C=O) groups excluding carboxylic acids is 2. The zero-order chi connectivity index (χ0) is 24.4. The van der Waals surface area contributed by atoms with E-state index in [1.807, 2.05) is 30.5 Å². The SMILES string of the molecule is CC1CCCC(C(=O)Nc2ccc3[nH]cc(-c4ccc(NC(=O)C5CCCCC5C)cc4)c3c2)C1. The lowest BCUT2D eigenvalue weighted by Crippen LogP contribution is -2.30. The molecule has 5 heteroatoms. The Bertz CT molecular complexity index is 1200. The van der Waals surface area contributed by atoms with Crippen molar-refractivity contribution in [3.63, 3.8) is 0 Å². The van der Waals surface area contributed by atoms with Crippen LogP contribution in [-0.4, -0.2) is 16.8 Å². The van der Waals surface area contributed by atoms with Gasteiger partial charge < -0.3 is 15.6 Å². The summed E-state index contributed by atoms with van der Waals surface area (Å²) in [5, 5.41) is 7.36. The monoisotopic (exact) mass is 471 g/mol. The predicted octanol–water partition coefficient (Wildman–Crippen LogP) is 7.36. The Morgan fingerprint density at radius 2 is 1.57 bits per heavy atom. The molecule has 1 aromatic heterocycles. The Morgan fingerprint density at radius 3 is 2.34 bits per heavy atom. The molecular formula is C30H37N3O2. The summed E-state index contributed by atoms with van der Waals surface area (Å²) in [6.45, 7) is 4.43. The van der Waals surface area contributed by atoms with Crippen molar-refractivity contribution in [1.29, 1.82) is 0 Å². The van der Waals surface area contributed by atoms with Crippen LogP contribution in [-0.2, 0) is 9.59 Å². The molecule has 184 valence electrons. The van der Waals surface area contributed by atoms with Crippen molar-refractivity contribution < 1.29 is 9.59 Å². The number of hydrogen-bond donors (Lipinski definition) is 3. The number of H-pyrrole nitrogens is 1. The molecule has 4 unspecified atom stereocenters. The predicted molar refractivity (Wildman–Crippen MR) is 143 cm³/mol. The lowest BCUT2D eigenvalue weighted by molar-refractivity contribution is -0.122.